The van der Waals surface area contributed by atoms with Gasteiger partial charge in [0.05, 0.1) is 5.41 Å². The van der Waals surface area contributed by atoms with Crippen molar-refractivity contribution < 1.29 is 15.0 Å². The smallest absolute Gasteiger partial charge is 0.310 e. The van der Waals surface area contributed by atoms with Crippen molar-refractivity contribution in [3.8, 4) is 0 Å². The molecular formula is C12H23NO3. The average molecular weight is 229 g/mol. The van der Waals surface area contributed by atoms with Crippen molar-refractivity contribution in [2.45, 2.75) is 45.6 Å². The molecule has 0 aromatic rings. The van der Waals surface area contributed by atoms with Crippen LogP contribution in [0, 0.1) is 5.41 Å². The van der Waals surface area contributed by atoms with Crippen molar-refractivity contribution in [1.29, 1.82) is 0 Å². The normalized spacial score (nSPS) is 23.3. The molecule has 0 saturated carbocycles. The lowest BCUT2D eigenvalue weighted by Gasteiger charge is -2.39. The van der Waals surface area contributed by atoms with Crippen LogP contribution in [0.1, 0.15) is 39.5 Å². The van der Waals surface area contributed by atoms with E-state index in [1.807, 2.05) is 0 Å². The molecule has 0 aromatic heterocycles. The Morgan fingerprint density at radius 2 is 2.12 bits per heavy atom. The maximum Gasteiger partial charge on any atom is 0.310 e. The van der Waals surface area contributed by atoms with E-state index in [0.29, 0.717) is 12.6 Å². The van der Waals surface area contributed by atoms with Crippen LogP contribution in [0.25, 0.3) is 0 Å². The monoisotopic (exact) mass is 229 g/mol. The lowest BCUT2D eigenvalue weighted by Crippen LogP contribution is -2.47. The summed E-state index contributed by atoms with van der Waals surface area (Å²) in [5.74, 6) is -0.749. The SMILES string of the molecule is CC(C)(CN1CCCCC1CCO)C(=O)O. The van der Waals surface area contributed by atoms with Gasteiger partial charge in [-0.1, -0.05) is 6.42 Å². The molecular weight excluding hydrogens is 206 g/mol. The van der Waals surface area contributed by atoms with Crippen LogP contribution in [0.5, 0.6) is 0 Å². The topological polar surface area (TPSA) is 60.8 Å². The summed E-state index contributed by atoms with van der Waals surface area (Å²) >= 11 is 0. The van der Waals surface area contributed by atoms with Gasteiger partial charge in [-0.05, 0) is 39.7 Å². The number of piperidine rings is 1. The first kappa shape index (κ1) is 13.5. The Morgan fingerprint density at radius 1 is 1.44 bits per heavy atom. The van der Waals surface area contributed by atoms with Gasteiger partial charge < -0.3 is 10.2 Å². The van der Waals surface area contributed by atoms with Crippen LogP contribution >= 0.6 is 0 Å². The highest BCUT2D eigenvalue weighted by Crippen LogP contribution is 2.25. The zero-order valence-corrected chi connectivity index (χ0v) is 10.3. The molecule has 16 heavy (non-hydrogen) atoms. The number of aliphatic hydroxyl groups excluding tert-OH is 1. The quantitative estimate of drug-likeness (QED) is 0.746. The van der Waals surface area contributed by atoms with Crippen molar-refractivity contribution >= 4 is 5.97 Å². The maximum absolute atomic E-state index is 11.1. The molecule has 1 aliphatic heterocycles. The predicted molar refractivity (Wildman–Crippen MR) is 62.3 cm³/mol. The van der Waals surface area contributed by atoms with Gasteiger partial charge in [-0.15, -0.1) is 0 Å². The number of likely N-dealkylation sites (tertiary alicyclic amines) is 1. The average Bonchev–Trinajstić information content (AvgIpc) is 2.20. The van der Waals surface area contributed by atoms with E-state index in [4.69, 9.17) is 10.2 Å². The van der Waals surface area contributed by atoms with E-state index in [0.717, 1.165) is 25.8 Å². The number of hydrogen-bond donors (Lipinski definition) is 2. The lowest BCUT2D eigenvalue weighted by atomic mass is 9.90. The minimum atomic E-state index is -0.749. The van der Waals surface area contributed by atoms with Gasteiger partial charge in [0.1, 0.15) is 0 Å². The number of hydrogen-bond acceptors (Lipinski definition) is 3. The second-order valence-corrected chi connectivity index (χ2v) is 5.32. The number of carbonyl (C=O) groups is 1. The minimum absolute atomic E-state index is 0.189. The summed E-state index contributed by atoms with van der Waals surface area (Å²) in [5, 5.41) is 18.1. The molecule has 0 amide bonds. The highest BCUT2D eigenvalue weighted by Gasteiger charge is 2.33. The number of aliphatic hydroxyl groups is 1. The van der Waals surface area contributed by atoms with Gasteiger partial charge in [-0.3, -0.25) is 9.69 Å². The molecule has 0 aliphatic carbocycles. The molecule has 1 heterocycles. The van der Waals surface area contributed by atoms with Crippen molar-refractivity contribution in [3.05, 3.63) is 0 Å². The zero-order chi connectivity index (χ0) is 12.2. The van der Waals surface area contributed by atoms with Crippen LogP contribution in [0.15, 0.2) is 0 Å². The molecule has 0 aromatic carbocycles. The standard InChI is InChI=1S/C12H23NO3/c1-12(2,11(15)16)9-13-7-4-3-5-10(13)6-8-14/h10,14H,3-9H2,1-2H3,(H,15,16). The van der Waals surface area contributed by atoms with Crippen LogP contribution in [0.3, 0.4) is 0 Å². The third-order valence-corrected chi connectivity index (χ3v) is 3.39. The molecule has 1 fully saturated rings. The molecule has 1 rings (SSSR count). The summed E-state index contributed by atoms with van der Waals surface area (Å²) in [6.07, 6.45) is 4.16. The van der Waals surface area contributed by atoms with E-state index in [1.165, 1.54) is 6.42 Å². The summed E-state index contributed by atoms with van der Waals surface area (Å²) in [6, 6.07) is 0.359. The Kier molecular flexibility index (Phi) is 4.74. The van der Waals surface area contributed by atoms with Crippen molar-refractivity contribution in [2.24, 2.45) is 5.41 Å². The third kappa shape index (κ3) is 3.46. The second-order valence-electron chi connectivity index (χ2n) is 5.32. The van der Waals surface area contributed by atoms with E-state index >= 15 is 0 Å². The van der Waals surface area contributed by atoms with E-state index in [9.17, 15) is 4.79 Å². The van der Waals surface area contributed by atoms with Gasteiger partial charge in [0.2, 0.25) is 0 Å². The van der Waals surface area contributed by atoms with E-state index in [1.54, 1.807) is 13.8 Å². The first-order chi connectivity index (χ1) is 7.47. The Morgan fingerprint density at radius 3 is 2.69 bits per heavy atom. The van der Waals surface area contributed by atoms with Gasteiger partial charge in [-0.2, -0.15) is 0 Å². The molecule has 1 atom stereocenters. The summed E-state index contributed by atoms with van der Waals surface area (Å²) < 4.78 is 0. The molecule has 0 spiro atoms. The Labute approximate surface area is 97.3 Å². The molecule has 1 aliphatic rings. The molecule has 0 bridgehead atoms. The maximum atomic E-state index is 11.1. The van der Waals surface area contributed by atoms with Crippen molar-refractivity contribution in [1.82, 2.24) is 4.90 Å². The first-order valence-electron chi connectivity index (χ1n) is 6.05. The Hall–Kier alpha value is -0.610. The highest BCUT2D eigenvalue weighted by atomic mass is 16.4. The first-order valence-corrected chi connectivity index (χ1v) is 6.05. The van der Waals surface area contributed by atoms with Gasteiger partial charge in [0.25, 0.3) is 0 Å². The zero-order valence-electron chi connectivity index (χ0n) is 10.3. The molecule has 4 nitrogen and oxygen atoms in total. The summed E-state index contributed by atoms with van der Waals surface area (Å²) in [4.78, 5) is 13.3. The van der Waals surface area contributed by atoms with Crippen LogP contribution < -0.4 is 0 Å². The molecule has 1 unspecified atom stereocenters. The highest BCUT2D eigenvalue weighted by molar-refractivity contribution is 5.73. The fourth-order valence-corrected chi connectivity index (χ4v) is 2.32. The number of carboxylic acids is 1. The van der Waals surface area contributed by atoms with Crippen LogP contribution in [0.4, 0.5) is 0 Å². The number of carboxylic acid groups (broad SMARTS) is 1. The lowest BCUT2D eigenvalue weighted by molar-refractivity contribution is -0.148. The number of rotatable bonds is 5. The summed E-state index contributed by atoms with van der Waals surface area (Å²) in [6.45, 7) is 5.25. The van der Waals surface area contributed by atoms with Gasteiger partial charge in [0, 0.05) is 19.2 Å². The van der Waals surface area contributed by atoms with E-state index < -0.39 is 11.4 Å². The van der Waals surface area contributed by atoms with E-state index in [-0.39, 0.29) is 6.61 Å². The third-order valence-electron chi connectivity index (χ3n) is 3.39. The number of aliphatic carboxylic acids is 1. The Bertz CT molecular complexity index is 238. The van der Waals surface area contributed by atoms with Crippen LogP contribution in [-0.2, 0) is 4.79 Å². The van der Waals surface area contributed by atoms with Crippen LogP contribution in [0.2, 0.25) is 0 Å². The predicted octanol–water partition coefficient (Wildman–Crippen LogP) is 1.33. The molecule has 1 saturated heterocycles. The summed E-state index contributed by atoms with van der Waals surface area (Å²) in [7, 11) is 0. The van der Waals surface area contributed by atoms with Gasteiger partial charge >= 0.3 is 5.97 Å². The largest absolute Gasteiger partial charge is 0.481 e. The second kappa shape index (κ2) is 5.64. The molecule has 94 valence electrons. The molecule has 0 radical (unpaired) electrons. The van der Waals surface area contributed by atoms with Crippen LogP contribution in [-0.4, -0.2) is 46.8 Å². The fraction of sp³-hybridized carbons (Fsp3) is 0.917. The summed E-state index contributed by atoms with van der Waals surface area (Å²) in [5.41, 5.74) is -0.703. The van der Waals surface area contributed by atoms with Crippen molar-refractivity contribution in [3.63, 3.8) is 0 Å². The molecule has 2 N–H and O–H groups in total. The Balaban J connectivity index is 2.58. The van der Waals surface area contributed by atoms with Gasteiger partial charge in [-0.25, -0.2) is 0 Å². The van der Waals surface area contributed by atoms with E-state index in [2.05, 4.69) is 4.90 Å². The fourth-order valence-electron chi connectivity index (χ4n) is 2.32. The minimum Gasteiger partial charge on any atom is -0.481 e. The van der Waals surface area contributed by atoms with Gasteiger partial charge in [0.15, 0.2) is 0 Å². The number of nitrogens with zero attached hydrogens (tertiary/aromatic N) is 1. The van der Waals surface area contributed by atoms with Crippen molar-refractivity contribution in [2.75, 3.05) is 19.7 Å². The molecule has 4 heteroatoms.